The van der Waals surface area contributed by atoms with Gasteiger partial charge in [0.25, 0.3) is 0 Å². The second-order valence-corrected chi connectivity index (χ2v) is 5.43. The highest BCUT2D eigenvalue weighted by Crippen LogP contribution is 2.38. The van der Waals surface area contributed by atoms with Gasteiger partial charge in [0.1, 0.15) is 0 Å². The number of fused-ring (bicyclic) bond motifs is 2. The van der Waals surface area contributed by atoms with Crippen molar-refractivity contribution in [2.45, 2.75) is 44.7 Å². The van der Waals surface area contributed by atoms with E-state index in [0.29, 0.717) is 6.04 Å². The number of piperidine rings is 1. The molecule has 3 heteroatoms. The van der Waals surface area contributed by atoms with Gasteiger partial charge in [-0.2, -0.15) is 0 Å². The third kappa shape index (κ3) is 2.96. The third-order valence-electron chi connectivity index (χ3n) is 4.16. The van der Waals surface area contributed by atoms with E-state index in [1.807, 2.05) is 0 Å². The van der Waals surface area contributed by atoms with Crippen LogP contribution >= 0.6 is 0 Å². The van der Waals surface area contributed by atoms with Gasteiger partial charge in [-0.1, -0.05) is 0 Å². The molecule has 2 aliphatic rings. The van der Waals surface area contributed by atoms with Gasteiger partial charge >= 0.3 is 0 Å². The van der Waals surface area contributed by atoms with E-state index in [1.54, 1.807) is 7.11 Å². The highest BCUT2D eigenvalue weighted by atomic mass is 16.5. The Balaban J connectivity index is 1.59. The molecule has 0 radical (unpaired) electrons. The van der Waals surface area contributed by atoms with Gasteiger partial charge in [0.05, 0.1) is 0 Å². The van der Waals surface area contributed by atoms with Gasteiger partial charge in [-0.15, -0.1) is 0 Å². The summed E-state index contributed by atoms with van der Waals surface area (Å²) in [5.41, 5.74) is 0. The van der Waals surface area contributed by atoms with Crippen molar-refractivity contribution in [3.63, 3.8) is 0 Å². The van der Waals surface area contributed by atoms with Crippen molar-refractivity contribution in [3.8, 4) is 0 Å². The fourth-order valence-electron chi connectivity index (χ4n) is 3.27. The van der Waals surface area contributed by atoms with Crippen LogP contribution in [0.25, 0.3) is 0 Å². The van der Waals surface area contributed by atoms with Crippen molar-refractivity contribution in [1.82, 2.24) is 10.2 Å². The predicted molar refractivity (Wildman–Crippen MR) is 66.7 cm³/mol. The Morgan fingerprint density at radius 3 is 2.94 bits per heavy atom. The molecule has 16 heavy (non-hydrogen) atoms. The fraction of sp³-hybridized carbons (Fsp3) is 1.00. The summed E-state index contributed by atoms with van der Waals surface area (Å²) in [5.74, 6) is 1.01. The lowest BCUT2D eigenvalue weighted by Crippen LogP contribution is -2.44. The first-order valence-electron chi connectivity index (χ1n) is 6.76. The number of methoxy groups -OCH3 is 1. The van der Waals surface area contributed by atoms with E-state index >= 15 is 0 Å². The van der Waals surface area contributed by atoms with Crippen molar-refractivity contribution < 1.29 is 4.74 Å². The Kier molecular flexibility index (Phi) is 4.62. The third-order valence-corrected chi connectivity index (χ3v) is 4.16. The van der Waals surface area contributed by atoms with Crippen LogP contribution < -0.4 is 5.32 Å². The molecule has 3 nitrogen and oxygen atoms in total. The maximum atomic E-state index is 5.04. The summed E-state index contributed by atoms with van der Waals surface area (Å²) >= 11 is 0. The molecule has 1 N–H and O–H groups in total. The zero-order valence-corrected chi connectivity index (χ0v) is 10.7. The topological polar surface area (TPSA) is 24.5 Å². The minimum absolute atomic E-state index is 0.706. The second-order valence-electron chi connectivity index (χ2n) is 5.43. The molecule has 3 atom stereocenters. The van der Waals surface area contributed by atoms with Crippen molar-refractivity contribution in [2.24, 2.45) is 5.92 Å². The van der Waals surface area contributed by atoms with Gasteiger partial charge in [-0.25, -0.2) is 0 Å². The highest BCUT2D eigenvalue weighted by molar-refractivity contribution is 4.94. The summed E-state index contributed by atoms with van der Waals surface area (Å²) in [6.07, 6.45) is 5.51. The van der Waals surface area contributed by atoms with E-state index in [4.69, 9.17) is 4.74 Å². The van der Waals surface area contributed by atoms with Crippen LogP contribution in [0.5, 0.6) is 0 Å². The summed E-state index contributed by atoms with van der Waals surface area (Å²) in [6, 6.07) is 1.61. The van der Waals surface area contributed by atoms with Gasteiger partial charge in [0, 0.05) is 38.9 Å². The van der Waals surface area contributed by atoms with Crippen LogP contribution in [-0.2, 0) is 4.74 Å². The van der Waals surface area contributed by atoms with Crippen LogP contribution in [0, 0.1) is 5.92 Å². The van der Waals surface area contributed by atoms with E-state index < -0.39 is 0 Å². The van der Waals surface area contributed by atoms with Gasteiger partial charge in [0.15, 0.2) is 0 Å². The summed E-state index contributed by atoms with van der Waals surface area (Å²) in [4.78, 5) is 2.72. The number of nitrogens with one attached hydrogen (secondary N) is 1. The Morgan fingerprint density at radius 1 is 1.44 bits per heavy atom. The number of rotatable bonds is 7. The summed E-state index contributed by atoms with van der Waals surface area (Å²) in [5, 5.41) is 3.53. The van der Waals surface area contributed by atoms with Gasteiger partial charge in [0.2, 0.25) is 0 Å². The largest absolute Gasteiger partial charge is 0.385 e. The maximum Gasteiger partial charge on any atom is 0.0474 e. The molecular weight excluding hydrogens is 200 g/mol. The molecule has 0 aromatic carbocycles. The number of ether oxygens (including phenoxy) is 1. The van der Waals surface area contributed by atoms with Gasteiger partial charge in [-0.3, -0.25) is 4.90 Å². The average Bonchev–Trinajstić information content (AvgIpc) is 2.90. The molecule has 0 aromatic rings. The Morgan fingerprint density at radius 2 is 2.31 bits per heavy atom. The number of nitrogens with zero attached hydrogens (tertiary/aromatic N) is 1. The molecule has 0 spiro atoms. The van der Waals surface area contributed by atoms with Crippen LogP contribution in [0.15, 0.2) is 0 Å². The second kappa shape index (κ2) is 5.99. The van der Waals surface area contributed by atoms with Gasteiger partial charge < -0.3 is 10.1 Å². The van der Waals surface area contributed by atoms with Gasteiger partial charge in [-0.05, 0) is 45.1 Å². The number of hydrogen-bond acceptors (Lipinski definition) is 3. The van der Waals surface area contributed by atoms with Crippen molar-refractivity contribution in [1.29, 1.82) is 0 Å². The van der Waals surface area contributed by atoms with Crippen LogP contribution in [0.3, 0.4) is 0 Å². The minimum Gasteiger partial charge on any atom is -0.385 e. The van der Waals surface area contributed by atoms with Crippen LogP contribution in [-0.4, -0.2) is 50.3 Å². The molecule has 94 valence electrons. The molecule has 1 aliphatic heterocycles. The maximum absolute atomic E-state index is 5.04. The zero-order valence-electron chi connectivity index (χ0n) is 10.7. The quantitative estimate of drug-likeness (QED) is 0.666. The lowest BCUT2D eigenvalue weighted by atomic mass is 10.1. The Labute approximate surface area is 99.5 Å². The lowest BCUT2D eigenvalue weighted by Gasteiger charge is -2.32. The molecule has 1 saturated heterocycles. The zero-order chi connectivity index (χ0) is 11.4. The van der Waals surface area contributed by atoms with Crippen molar-refractivity contribution in [3.05, 3.63) is 0 Å². The first-order chi connectivity index (χ1) is 7.81. The standard InChI is InChI=1S/C13H26N2O/c1-11(9-14-6-3-7-16-2)15-10-12-4-5-13(15)8-12/h11-14H,3-10H2,1-2H3. The smallest absolute Gasteiger partial charge is 0.0474 e. The predicted octanol–water partition coefficient (Wildman–Crippen LogP) is 1.49. The van der Waals surface area contributed by atoms with Crippen LogP contribution in [0.4, 0.5) is 0 Å². The molecule has 1 saturated carbocycles. The SMILES string of the molecule is COCCCNCC(C)N1CC2CCC1C2. The van der Waals surface area contributed by atoms with E-state index in [0.717, 1.165) is 38.1 Å². The molecular formula is C13H26N2O. The summed E-state index contributed by atoms with van der Waals surface area (Å²) in [6.45, 7) is 6.80. The fourth-order valence-corrected chi connectivity index (χ4v) is 3.27. The molecule has 2 bridgehead atoms. The highest BCUT2D eigenvalue weighted by Gasteiger charge is 2.39. The Bertz CT molecular complexity index is 210. The number of hydrogen-bond donors (Lipinski definition) is 1. The van der Waals surface area contributed by atoms with Crippen molar-refractivity contribution in [2.75, 3.05) is 33.4 Å². The Hall–Kier alpha value is -0.120. The van der Waals surface area contributed by atoms with Crippen molar-refractivity contribution >= 4 is 0 Å². The van der Waals surface area contributed by atoms with Crippen LogP contribution in [0.2, 0.25) is 0 Å². The van der Waals surface area contributed by atoms with E-state index in [9.17, 15) is 0 Å². The molecule has 0 amide bonds. The normalized spacial score (nSPS) is 31.1. The summed E-state index contributed by atoms with van der Waals surface area (Å²) in [7, 11) is 1.77. The minimum atomic E-state index is 0.706. The summed E-state index contributed by atoms with van der Waals surface area (Å²) < 4.78 is 5.04. The molecule has 1 heterocycles. The van der Waals surface area contributed by atoms with E-state index in [-0.39, 0.29) is 0 Å². The number of likely N-dealkylation sites (tertiary alicyclic amines) is 1. The average molecular weight is 226 g/mol. The first kappa shape index (κ1) is 12.3. The monoisotopic (exact) mass is 226 g/mol. The van der Waals surface area contributed by atoms with Crippen LogP contribution in [0.1, 0.15) is 32.6 Å². The molecule has 2 fully saturated rings. The molecule has 2 rings (SSSR count). The first-order valence-corrected chi connectivity index (χ1v) is 6.76. The molecule has 0 aromatic heterocycles. The molecule has 1 aliphatic carbocycles. The lowest BCUT2D eigenvalue weighted by molar-refractivity contribution is 0.154. The van der Waals surface area contributed by atoms with E-state index in [2.05, 4.69) is 17.1 Å². The van der Waals surface area contributed by atoms with E-state index in [1.165, 1.54) is 25.8 Å². The molecule has 3 unspecified atom stereocenters.